The van der Waals surface area contributed by atoms with Gasteiger partial charge in [0.15, 0.2) is 0 Å². The monoisotopic (exact) mass is 394 g/mol. The molecule has 0 spiro atoms. The Morgan fingerprint density at radius 3 is 2.93 bits per heavy atom. The zero-order valence-electron chi connectivity index (χ0n) is 15.3. The fourth-order valence-corrected chi connectivity index (χ4v) is 4.62. The lowest BCUT2D eigenvalue weighted by atomic mass is 10.1. The first-order chi connectivity index (χ1) is 13.7. The molecule has 28 heavy (non-hydrogen) atoms. The molecule has 1 unspecified atom stereocenters. The van der Waals surface area contributed by atoms with Gasteiger partial charge in [0.05, 0.1) is 30.4 Å². The average Bonchev–Trinajstić information content (AvgIpc) is 3.34. The fraction of sp³-hybridized carbons (Fsp3) is 0.238. The lowest BCUT2D eigenvalue weighted by Gasteiger charge is -2.24. The van der Waals surface area contributed by atoms with Crippen LogP contribution >= 0.6 is 11.3 Å². The van der Waals surface area contributed by atoms with E-state index in [1.165, 1.54) is 11.3 Å². The van der Waals surface area contributed by atoms with Gasteiger partial charge in [0, 0.05) is 24.2 Å². The number of benzene rings is 1. The van der Waals surface area contributed by atoms with Gasteiger partial charge in [-0.1, -0.05) is 30.3 Å². The Bertz CT molecular complexity index is 1190. The molecule has 0 aliphatic carbocycles. The molecule has 0 bridgehead atoms. The Morgan fingerprint density at radius 2 is 2.14 bits per heavy atom. The van der Waals surface area contributed by atoms with Crippen molar-refractivity contribution in [1.29, 1.82) is 0 Å². The van der Waals surface area contributed by atoms with Crippen molar-refractivity contribution in [2.45, 2.75) is 19.3 Å². The van der Waals surface area contributed by atoms with Crippen LogP contribution in [0.4, 0.5) is 0 Å². The van der Waals surface area contributed by atoms with Crippen LogP contribution in [0, 0.1) is 0 Å². The van der Waals surface area contributed by atoms with Crippen molar-refractivity contribution < 1.29 is 13.9 Å². The normalized spacial score (nSPS) is 16.4. The number of ether oxygens (including phenoxy) is 2. The maximum absolute atomic E-state index is 12.7. The molecular weight excluding hydrogens is 376 g/mol. The summed E-state index contributed by atoms with van der Waals surface area (Å²) in [6, 6.07) is 13.9. The van der Waals surface area contributed by atoms with E-state index in [4.69, 9.17) is 13.9 Å². The van der Waals surface area contributed by atoms with Crippen LogP contribution in [0.2, 0.25) is 0 Å². The third-order valence-electron chi connectivity index (χ3n) is 4.92. The van der Waals surface area contributed by atoms with Crippen molar-refractivity contribution in [3.63, 3.8) is 0 Å². The summed E-state index contributed by atoms with van der Waals surface area (Å²) < 4.78 is 19.9. The molecule has 1 aliphatic heterocycles. The zero-order valence-corrected chi connectivity index (χ0v) is 16.1. The summed E-state index contributed by atoms with van der Waals surface area (Å²) in [4.78, 5) is 13.6. The number of nitrogens with zero attached hydrogens (tertiary/aromatic N) is 2. The van der Waals surface area contributed by atoms with Gasteiger partial charge in [-0.2, -0.15) is 5.10 Å². The SMILES string of the molecule is Cn1nccc1-c1cc2c3c(oc(=O)c2s1)C(OCc1ccccc1)COC3. The van der Waals surface area contributed by atoms with Gasteiger partial charge in [-0.3, -0.25) is 4.68 Å². The molecule has 0 amide bonds. The number of aryl methyl sites for hydroxylation is 1. The molecule has 0 saturated heterocycles. The first kappa shape index (κ1) is 17.4. The second-order valence-corrected chi connectivity index (χ2v) is 7.78. The molecule has 5 rings (SSSR count). The summed E-state index contributed by atoms with van der Waals surface area (Å²) in [6.07, 6.45) is 1.34. The minimum Gasteiger partial charge on any atom is -0.424 e. The van der Waals surface area contributed by atoms with Crippen LogP contribution in [-0.2, 0) is 29.7 Å². The van der Waals surface area contributed by atoms with Crippen LogP contribution in [0.15, 0.2) is 57.9 Å². The van der Waals surface area contributed by atoms with E-state index in [0.717, 1.165) is 27.1 Å². The van der Waals surface area contributed by atoms with Gasteiger partial charge in [-0.25, -0.2) is 4.79 Å². The van der Waals surface area contributed by atoms with Crippen LogP contribution < -0.4 is 5.63 Å². The van der Waals surface area contributed by atoms with E-state index < -0.39 is 6.10 Å². The molecule has 7 heteroatoms. The van der Waals surface area contributed by atoms with Gasteiger partial charge >= 0.3 is 5.63 Å². The van der Waals surface area contributed by atoms with E-state index in [0.29, 0.717) is 30.3 Å². The van der Waals surface area contributed by atoms with E-state index >= 15 is 0 Å². The molecule has 6 nitrogen and oxygen atoms in total. The number of rotatable bonds is 4. The Balaban J connectivity index is 1.54. The maximum Gasteiger partial charge on any atom is 0.354 e. The standard InChI is InChI=1S/C21H18N2O4S/c1-23-16(7-8-22-23)18-9-14-15-11-25-12-17(19(15)27-21(24)20(14)28-18)26-10-13-5-3-2-4-6-13/h2-9,17H,10-12H2,1H3. The van der Waals surface area contributed by atoms with E-state index in [1.807, 2.05) is 49.5 Å². The van der Waals surface area contributed by atoms with Gasteiger partial charge in [0.2, 0.25) is 0 Å². The van der Waals surface area contributed by atoms with Crippen LogP contribution in [0.3, 0.4) is 0 Å². The molecule has 0 N–H and O–H groups in total. The molecular formula is C21H18N2O4S. The van der Waals surface area contributed by atoms with Crippen molar-refractivity contribution in [3.8, 4) is 10.6 Å². The Hall–Kier alpha value is -2.74. The zero-order chi connectivity index (χ0) is 19.1. The van der Waals surface area contributed by atoms with E-state index in [2.05, 4.69) is 5.10 Å². The van der Waals surface area contributed by atoms with Crippen molar-refractivity contribution in [2.24, 2.45) is 7.05 Å². The van der Waals surface area contributed by atoms with Crippen LogP contribution in [0.5, 0.6) is 0 Å². The Morgan fingerprint density at radius 1 is 1.29 bits per heavy atom. The summed E-state index contributed by atoms with van der Waals surface area (Å²) in [5.41, 5.74) is 2.58. The molecule has 142 valence electrons. The maximum atomic E-state index is 12.7. The van der Waals surface area contributed by atoms with E-state index in [-0.39, 0.29) is 5.63 Å². The summed E-state index contributed by atoms with van der Waals surface area (Å²) in [6.45, 7) is 1.20. The summed E-state index contributed by atoms with van der Waals surface area (Å²) in [5, 5.41) is 5.09. The third kappa shape index (κ3) is 2.97. The van der Waals surface area contributed by atoms with Crippen molar-refractivity contribution >= 4 is 21.4 Å². The second-order valence-electron chi connectivity index (χ2n) is 6.73. The first-order valence-corrected chi connectivity index (χ1v) is 9.83. The lowest BCUT2D eigenvalue weighted by Crippen LogP contribution is -2.21. The number of thiophene rings is 1. The largest absolute Gasteiger partial charge is 0.424 e. The molecule has 4 aromatic rings. The van der Waals surface area contributed by atoms with Crippen LogP contribution in [-0.4, -0.2) is 16.4 Å². The topological polar surface area (TPSA) is 66.5 Å². The first-order valence-electron chi connectivity index (χ1n) is 9.02. The molecule has 4 heterocycles. The highest BCUT2D eigenvalue weighted by Crippen LogP contribution is 2.38. The summed E-state index contributed by atoms with van der Waals surface area (Å²) in [5.74, 6) is 0.578. The van der Waals surface area contributed by atoms with Gasteiger partial charge < -0.3 is 13.9 Å². The van der Waals surface area contributed by atoms with Gasteiger partial charge in [0.1, 0.15) is 16.6 Å². The smallest absolute Gasteiger partial charge is 0.354 e. The number of fused-ring (bicyclic) bond motifs is 3. The molecule has 0 radical (unpaired) electrons. The second kappa shape index (κ2) is 7.01. The molecule has 0 fully saturated rings. The van der Waals surface area contributed by atoms with Crippen LogP contribution in [0.1, 0.15) is 23.0 Å². The minimum atomic E-state index is -0.402. The highest BCUT2D eigenvalue weighted by molar-refractivity contribution is 7.22. The predicted octanol–water partition coefficient (Wildman–Crippen LogP) is 4.04. The Kier molecular flexibility index (Phi) is 4.35. The minimum absolute atomic E-state index is 0.331. The van der Waals surface area contributed by atoms with Gasteiger partial charge in [-0.05, 0) is 17.7 Å². The van der Waals surface area contributed by atoms with Crippen molar-refractivity contribution in [1.82, 2.24) is 9.78 Å². The lowest BCUT2D eigenvalue weighted by molar-refractivity contribution is -0.0580. The molecule has 1 aliphatic rings. The number of hydrogen-bond acceptors (Lipinski definition) is 6. The quantitative estimate of drug-likeness (QED) is 0.523. The van der Waals surface area contributed by atoms with Gasteiger partial charge in [-0.15, -0.1) is 11.3 Å². The third-order valence-corrected chi connectivity index (χ3v) is 6.06. The number of aromatic nitrogens is 2. The van der Waals surface area contributed by atoms with Crippen molar-refractivity contribution in [3.05, 3.63) is 76.0 Å². The molecule has 3 aromatic heterocycles. The van der Waals surface area contributed by atoms with Gasteiger partial charge in [0.25, 0.3) is 0 Å². The van der Waals surface area contributed by atoms with Crippen molar-refractivity contribution in [2.75, 3.05) is 6.61 Å². The number of hydrogen-bond donors (Lipinski definition) is 0. The fourth-order valence-electron chi connectivity index (χ4n) is 3.50. The molecule has 1 atom stereocenters. The summed E-state index contributed by atoms with van der Waals surface area (Å²) >= 11 is 1.42. The van der Waals surface area contributed by atoms with Crippen LogP contribution in [0.25, 0.3) is 20.7 Å². The predicted molar refractivity (Wildman–Crippen MR) is 106 cm³/mol. The molecule has 0 saturated carbocycles. The average molecular weight is 394 g/mol. The van der Waals surface area contributed by atoms with E-state index in [1.54, 1.807) is 10.9 Å². The summed E-state index contributed by atoms with van der Waals surface area (Å²) in [7, 11) is 1.88. The van der Waals surface area contributed by atoms with E-state index in [9.17, 15) is 4.79 Å². The highest BCUT2D eigenvalue weighted by Gasteiger charge is 2.28. The highest BCUT2D eigenvalue weighted by atomic mass is 32.1. The molecule has 1 aromatic carbocycles. The Labute approximate surface area is 164 Å².